The van der Waals surface area contributed by atoms with Crippen LogP contribution in [-0.4, -0.2) is 66.5 Å². The van der Waals surface area contributed by atoms with E-state index in [1.165, 1.54) is 64.2 Å². The van der Waals surface area contributed by atoms with Crippen LogP contribution >= 0.6 is 7.82 Å². The van der Waals surface area contributed by atoms with Crippen LogP contribution in [0.25, 0.3) is 0 Å². The van der Waals surface area contributed by atoms with Crippen LogP contribution in [0.5, 0.6) is 0 Å². The van der Waals surface area contributed by atoms with E-state index in [-0.39, 0.29) is 25.9 Å². The lowest BCUT2D eigenvalue weighted by atomic mass is 10.1. The molecule has 2 N–H and O–H groups in total. The molecule has 0 heterocycles. The molecule has 0 bridgehead atoms. The molecule has 68 heavy (non-hydrogen) atoms. The van der Waals surface area contributed by atoms with Crippen molar-refractivity contribution in [2.45, 2.75) is 238 Å². The molecule has 0 aliphatic carbocycles. The number of aliphatic hydroxyl groups excluding tert-OH is 1. The van der Waals surface area contributed by atoms with E-state index in [9.17, 15) is 28.9 Å². The van der Waals surface area contributed by atoms with E-state index in [0.29, 0.717) is 19.3 Å². The van der Waals surface area contributed by atoms with Gasteiger partial charge in [0, 0.05) is 19.3 Å². The van der Waals surface area contributed by atoms with Gasteiger partial charge in [0.25, 0.3) is 0 Å². The first-order valence-electron chi connectivity index (χ1n) is 26.8. The normalized spacial score (nSPS) is 14.0. The minimum atomic E-state index is -4.76. The summed E-state index contributed by atoms with van der Waals surface area (Å²) in [6.07, 6.45) is 54.6. The fourth-order valence-electron chi connectivity index (χ4n) is 7.01. The summed E-state index contributed by atoms with van der Waals surface area (Å²) in [6.45, 7) is 4.40. The molecule has 0 aromatic heterocycles. The second-order valence-electron chi connectivity index (χ2n) is 17.7. The Kier molecular flexibility index (Phi) is 48.0. The molecular weight excluding hydrogens is 880 g/mol. The lowest BCUT2D eigenvalue weighted by Gasteiger charge is -2.21. The number of hydrogen-bond donors (Lipinski definition) is 2. The number of esters is 3. The maximum atomic E-state index is 12.8. The van der Waals surface area contributed by atoms with Gasteiger partial charge in [-0.1, -0.05) is 184 Å². The van der Waals surface area contributed by atoms with Crippen LogP contribution in [0, 0.1) is 0 Å². The number of carbonyl (C=O) groups is 3. The van der Waals surface area contributed by atoms with Crippen LogP contribution in [0.3, 0.4) is 0 Å². The monoisotopic (exact) mass is 977 g/mol. The van der Waals surface area contributed by atoms with Crippen molar-refractivity contribution in [3.8, 4) is 0 Å². The van der Waals surface area contributed by atoms with E-state index in [1.54, 1.807) is 0 Å². The lowest BCUT2D eigenvalue weighted by Crippen LogP contribution is -2.30. The van der Waals surface area contributed by atoms with Crippen molar-refractivity contribution in [2.75, 3.05) is 26.4 Å². The van der Waals surface area contributed by atoms with Crippen molar-refractivity contribution in [2.24, 2.45) is 0 Å². The van der Waals surface area contributed by atoms with Gasteiger partial charge in [0.15, 0.2) is 6.10 Å². The van der Waals surface area contributed by atoms with E-state index in [4.69, 9.17) is 23.3 Å². The van der Waals surface area contributed by atoms with Crippen molar-refractivity contribution in [3.63, 3.8) is 0 Å². The predicted molar refractivity (Wildman–Crippen MR) is 279 cm³/mol. The fraction of sp³-hybridized carbons (Fsp3) is 0.732. The van der Waals surface area contributed by atoms with Gasteiger partial charge in [-0.25, -0.2) is 4.57 Å². The molecule has 12 heteroatoms. The molecule has 0 saturated carbocycles. The first-order valence-corrected chi connectivity index (χ1v) is 28.3. The van der Waals surface area contributed by atoms with E-state index < -0.39 is 57.8 Å². The van der Waals surface area contributed by atoms with Crippen LogP contribution in [-0.2, 0) is 42.2 Å². The number of allylic oxidation sites excluding steroid dienone is 12. The average Bonchev–Trinajstić information content (AvgIpc) is 3.32. The molecule has 0 aromatic carbocycles. The molecular formula is C56H97O11P. The van der Waals surface area contributed by atoms with E-state index >= 15 is 0 Å². The van der Waals surface area contributed by atoms with Crippen LogP contribution in [0.1, 0.15) is 226 Å². The molecule has 0 spiro atoms. The topological polar surface area (TPSA) is 155 Å². The largest absolute Gasteiger partial charge is 0.472 e. The van der Waals surface area contributed by atoms with Crippen molar-refractivity contribution in [1.29, 1.82) is 0 Å². The summed E-state index contributed by atoms with van der Waals surface area (Å²) in [6, 6.07) is 0. The van der Waals surface area contributed by atoms with Gasteiger partial charge in [-0.2, -0.15) is 0 Å². The highest BCUT2D eigenvalue weighted by Gasteiger charge is 2.28. The van der Waals surface area contributed by atoms with Gasteiger partial charge < -0.3 is 24.2 Å². The molecule has 0 saturated heterocycles. The van der Waals surface area contributed by atoms with E-state index in [0.717, 1.165) is 103 Å². The maximum Gasteiger partial charge on any atom is 0.472 e. The number of phosphoric ester groups is 1. The number of rotatable bonds is 49. The minimum absolute atomic E-state index is 0.0430. The van der Waals surface area contributed by atoms with E-state index in [1.807, 2.05) is 12.2 Å². The Bertz CT molecular complexity index is 1420. The predicted octanol–water partition coefficient (Wildman–Crippen LogP) is 15.4. The Labute approximate surface area is 414 Å². The molecule has 11 nitrogen and oxygen atoms in total. The molecule has 0 aliphatic rings. The fourth-order valence-corrected chi connectivity index (χ4v) is 7.79. The Morgan fingerprint density at radius 1 is 0.426 bits per heavy atom. The summed E-state index contributed by atoms with van der Waals surface area (Å²) in [7, 11) is -4.76. The van der Waals surface area contributed by atoms with Gasteiger partial charge in [0.2, 0.25) is 0 Å². The second-order valence-corrected chi connectivity index (χ2v) is 19.1. The van der Waals surface area contributed by atoms with Crippen molar-refractivity contribution in [1.82, 2.24) is 0 Å². The number of aliphatic hydroxyl groups is 1. The molecule has 0 rings (SSSR count). The van der Waals surface area contributed by atoms with E-state index in [2.05, 4.69) is 81.5 Å². The minimum Gasteiger partial charge on any atom is -0.462 e. The highest BCUT2D eigenvalue weighted by atomic mass is 31.2. The zero-order chi connectivity index (χ0) is 49.9. The first kappa shape index (κ1) is 64.9. The van der Waals surface area contributed by atoms with Gasteiger partial charge in [0.05, 0.1) is 19.8 Å². The van der Waals surface area contributed by atoms with Crippen LogP contribution < -0.4 is 0 Å². The summed E-state index contributed by atoms with van der Waals surface area (Å²) in [4.78, 5) is 48.3. The summed E-state index contributed by atoms with van der Waals surface area (Å²) < 4.78 is 39.3. The van der Waals surface area contributed by atoms with Crippen LogP contribution in [0.4, 0.5) is 0 Å². The van der Waals surface area contributed by atoms with Crippen molar-refractivity contribution < 1.29 is 52.2 Å². The Hall–Kier alpha value is -3.08. The zero-order valence-corrected chi connectivity index (χ0v) is 43.9. The molecule has 0 fully saturated rings. The number of unbranched alkanes of at least 4 members (excludes halogenated alkanes) is 20. The Morgan fingerprint density at radius 2 is 0.794 bits per heavy atom. The Balaban J connectivity index is 4.82. The highest BCUT2D eigenvalue weighted by molar-refractivity contribution is 7.47. The SMILES string of the molecule is CC/C=C\C/C=C\C/C=C\C/C=C\CCC(=O)OC(COC(=O)CCCCCCC/C=C\CCCCCCCC)COP(=O)(O)OCC(CO)OC(=O)CCCCCCC/C=C\CCCCCC. The third-order valence-corrected chi connectivity index (χ3v) is 12.0. The summed E-state index contributed by atoms with van der Waals surface area (Å²) in [5.41, 5.74) is 0. The molecule has 0 amide bonds. The molecule has 0 aromatic rings. The summed E-state index contributed by atoms with van der Waals surface area (Å²) in [5, 5.41) is 9.78. The molecule has 392 valence electrons. The van der Waals surface area contributed by atoms with Crippen LogP contribution in [0.2, 0.25) is 0 Å². The van der Waals surface area contributed by atoms with Crippen molar-refractivity contribution >= 4 is 25.7 Å². The standard InChI is InChI=1S/C56H97O11P/c1-4-7-10-13-16-19-22-25-26-29-30-33-36-39-42-45-54(58)63-49-53(67-56(60)47-44-41-38-35-32-28-24-21-18-15-12-9-6-3)51-65-68(61,62)64-50-52(48-57)66-55(59)46-43-40-37-34-31-27-23-20-17-14-11-8-5-2/h9,12,18,20-21,23,25-26,28,32,38,41,52-53,57H,4-8,10-11,13-17,19,22,24,27,29-31,33-37,39-40,42-51H2,1-3H3,(H,61,62)/b12-9-,21-18-,23-20-,26-25-,32-28-,41-38-. The summed E-state index contributed by atoms with van der Waals surface area (Å²) in [5.74, 6) is -1.58. The van der Waals surface area contributed by atoms with Crippen molar-refractivity contribution in [3.05, 3.63) is 72.9 Å². The third-order valence-electron chi connectivity index (χ3n) is 11.1. The summed E-state index contributed by atoms with van der Waals surface area (Å²) >= 11 is 0. The number of ether oxygens (including phenoxy) is 3. The average molecular weight is 977 g/mol. The Morgan fingerprint density at radius 3 is 1.28 bits per heavy atom. The number of hydrogen-bond acceptors (Lipinski definition) is 10. The second kappa shape index (κ2) is 50.3. The molecule has 3 atom stereocenters. The van der Waals surface area contributed by atoms with Gasteiger partial charge >= 0.3 is 25.7 Å². The third kappa shape index (κ3) is 48.0. The smallest absolute Gasteiger partial charge is 0.462 e. The maximum absolute atomic E-state index is 12.8. The zero-order valence-electron chi connectivity index (χ0n) is 43.1. The quantitative estimate of drug-likeness (QED) is 0.0197. The molecule has 3 unspecified atom stereocenters. The number of phosphoric acid groups is 1. The number of carbonyl (C=O) groups excluding carboxylic acids is 3. The van der Waals surface area contributed by atoms with Gasteiger partial charge in [-0.15, -0.1) is 0 Å². The molecule has 0 radical (unpaired) electrons. The van der Waals surface area contributed by atoms with Crippen LogP contribution in [0.15, 0.2) is 72.9 Å². The highest BCUT2D eigenvalue weighted by Crippen LogP contribution is 2.43. The first-order chi connectivity index (χ1) is 33.2. The van der Waals surface area contributed by atoms with Gasteiger partial charge in [-0.05, 0) is 96.3 Å². The van der Waals surface area contributed by atoms with Gasteiger partial charge in [0.1, 0.15) is 12.7 Å². The molecule has 0 aliphatic heterocycles. The lowest BCUT2D eigenvalue weighted by molar-refractivity contribution is -0.161. The van der Waals surface area contributed by atoms with Gasteiger partial charge in [-0.3, -0.25) is 23.4 Å².